The molecule has 37 heavy (non-hydrogen) atoms. The smallest absolute Gasteiger partial charge is 0.266 e. The lowest BCUT2D eigenvalue weighted by Crippen LogP contribution is -2.65. The molecule has 0 radical (unpaired) electrons. The molecule has 0 amide bonds. The minimum atomic E-state index is -0.898. The Hall–Kier alpha value is -3.54. The minimum Gasteiger partial charge on any atom is -0.481 e. The summed E-state index contributed by atoms with van der Waals surface area (Å²) in [7, 11) is 1.50. The van der Waals surface area contributed by atoms with Gasteiger partial charge in [0.1, 0.15) is 11.3 Å². The second-order valence-corrected chi connectivity index (χ2v) is 9.95. The van der Waals surface area contributed by atoms with Crippen LogP contribution in [0.2, 0.25) is 0 Å². The number of pyridine rings is 3. The van der Waals surface area contributed by atoms with Crippen molar-refractivity contribution in [1.82, 2.24) is 30.2 Å². The Morgan fingerprint density at radius 2 is 1.97 bits per heavy atom. The number of hydrogen-bond acceptors (Lipinski definition) is 9. The summed E-state index contributed by atoms with van der Waals surface area (Å²) >= 11 is 0. The minimum absolute atomic E-state index is 0.0682. The third-order valence-electron chi connectivity index (χ3n) is 7.81. The molecule has 192 valence electrons. The summed E-state index contributed by atoms with van der Waals surface area (Å²) in [5.74, 6) is -0.148. The van der Waals surface area contributed by atoms with Crippen molar-refractivity contribution < 1.29 is 19.0 Å². The van der Waals surface area contributed by atoms with Crippen molar-refractivity contribution >= 4 is 22.1 Å². The maximum Gasteiger partial charge on any atom is 0.266 e. The third-order valence-corrected chi connectivity index (χ3v) is 7.81. The Labute approximate surface area is 211 Å². The van der Waals surface area contributed by atoms with Crippen LogP contribution in [0.3, 0.4) is 0 Å². The lowest BCUT2D eigenvalue weighted by Gasteiger charge is -2.55. The van der Waals surface area contributed by atoms with Gasteiger partial charge in [0.2, 0.25) is 5.88 Å². The molecule has 3 N–H and O–H groups in total. The van der Waals surface area contributed by atoms with Gasteiger partial charge in [0.25, 0.3) is 5.56 Å². The number of nitrogens with zero attached hydrogens (tertiary/aromatic N) is 4. The number of nitrogens with one attached hydrogen (secondary N) is 2. The van der Waals surface area contributed by atoms with Crippen molar-refractivity contribution in [2.75, 3.05) is 13.7 Å². The van der Waals surface area contributed by atoms with Gasteiger partial charge < -0.3 is 24.9 Å². The molecule has 11 heteroatoms. The van der Waals surface area contributed by atoms with Crippen molar-refractivity contribution in [1.29, 1.82) is 0 Å². The van der Waals surface area contributed by atoms with Crippen molar-refractivity contribution in [2.45, 2.75) is 55.9 Å². The van der Waals surface area contributed by atoms with E-state index in [0.29, 0.717) is 59.5 Å². The number of aromatic amines is 1. The number of aliphatic hydroxyl groups excluding tert-OH is 1. The van der Waals surface area contributed by atoms with E-state index in [9.17, 15) is 14.3 Å². The number of ether oxygens (including phenoxy) is 2. The third kappa shape index (κ3) is 4.32. The highest BCUT2D eigenvalue weighted by Gasteiger charge is 2.53. The van der Waals surface area contributed by atoms with Gasteiger partial charge in [0.05, 0.1) is 66.3 Å². The summed E-state index contributed by atoms with van der Waals surface area (Å²) in [6.07, 6.45) is 6.12. The number of fused-ring (bicyclic) bond motifs is 5. The fraction of sp³-hybridized carbons (Fsp3) is 0.423. The van der Waals surface area contributed by atoms with Gasteiger partial charge in [-0.15, -0.1) is 0 Å². The number of H-pyrrole nitrogens is 1. The van der Waals surface area contributed by atoms with E-state index >= 15 is 0 Å². The van der Waals surface area contributed by atoms with Gasteiger partial charge in [-0.25, -0.2) is 14.4 Å². The molecule has 2 saturated heterocycles. The van der Waals surface area contributed by atoms with Crippen molar-refractivity contribution in [3.63, 3.8) is 0 Å². The van der Waals surface area contributed by atoms with Gasteiger partial charge in [-0.05, 0) is 37.8 Å². The standard InChI is InChI=1S/C26H27FN6O4/c1-36-23-3-2-18-24(33-23)16(17(27)11-29-18)9-21(34)26-6-4-25(5-7-26,14-37-26)31-10-15-8-19-20(12-28-15)30-13-22(35)32-19/h2-3,8,11-13,21,31,34H,4-7,9-10,14H2,1H3,(H,32,35). The molecule has 7 rings (SSSR count). The maximum atomic E-state index is 14.8. The van der Waals surface area contributed by atoms with Crippen molar-refractivity contribution in [3.05, 3.63) is 64.2 Å². The quantitative estimate of drug-likeness (QED) is 0.345. The second-order valence-electron chi connectivity index (χ2n) is 9.95. The van der Waals surface area contributed by atoms with Gasteiger partial charge in [-0.2, -0.15) is 0 Å². The van der Waals surface area contributed by atoms with Crippen LogP contribution in [-0.4, -0.2) is 61.0 Å². The fourth-order valence-corrected chi connectivity index (χ4v) is 5.51. The molecule has 4 aromatic heterocycles. The maximum absolute atomic E-state index is 14.8. The van der Waals surface area contributed by atoms with E-state index in [0.717, 1.165) is 18.5 Å². The number of rotatable bonds is 7. The van der Waals surface area contributed by atoms with Crippen LogP contribution >= 0.6 is 0 Å². The highest BCUT2D eigenvalue weighted by molar-refractivity contribution is 5.78. The van der Waals surface area contributed by atoms with Crippen LogP contribution in [-0.2, 0) is 17.7 Å². The first-order valence-corrected chi connectivity index (χ1v) is 12.3. The molecule has 1 saturated carbocycles. The van der Waals surface area contributed by atoms with Crippen LogP contribution in [0.15, 0.2) is 41.6 Å². The fourth-order valence-electron chi connectivity index (χ4n) is 5.51. The molecule has 3 fully saturated rings. The summed E-state index contributed by atoms with van der Waals surface area (Å²) < 4.78 is 26.3. The van der Waals surface area contributed by atoms with E-state index in [1.54, 1.807) is 18.3 Å². The van der Waals surface area contributed by atoms with Gasteiger partial charge in [-0.1, -0.05) is 0 Å². The molecule has 0 spiro atoms. The van der Waals surface area contributed by atoms with Crippen LogP contribution in [0.1, 0.15) is 36.9 Å². The van der Waals surface area contributed by atoms with E-state index in [2.05, 4.69) is 30.2 Å². The number of hydrogen-bond donors (Lipinski definition) is 3. The summed E-state index contributed by atoms with van der Waals surface area (Å²) in [6, 6.07) is 5.23. The Bertz CT molecular complexity index is 1520. The molecule has 0 aromatic carbocycles. The van der Waals surface area contributed by atoms with Gasteiger partial charge >= 0.3 is 0 Å². The Balaban J connectivity index is 1.15. The predicted octanol–water partition coefficient (Wildman–Crippen LogP) is 2.18. The predicted molar refractivity (Wildman–Crippen MR) is 133 cm³/mol. The number of aromatic nitrogens is 5. The summed E-state index contributed by atoms with van der Waals surface area (Å²) in [4.78, 5) is 31.4. The van der Waals surface area contributed by atoms with Crippen LogP contribution in [0.5, 0.6) is 5.88 Å². The Morgan fingerprint density at radius 1 is 1.16 bits per heavy atom. The second kappa shape index (κ2) is 9.09. The van der Waals surface area contributed by atoms with E-state index in [1.165, 1.54) is 19.5 Å². The summed E-state index contributed by atoms with van der Waals surface area (Å²) in [5.41, 5.74) is 2.07. The molecular weight excluding hydrogens is 479 g/mol. The average Bonchev–Trinajstić information content (AvgIpc) is 2.94. The molecule has 2 bridgehead atoms. The van der Waals surface area contributed by atoms with E-state index in [-0.39, 0.29) is 17.5 Å². The van der Waals surface area contributed by atoms with E-state index in [1.807, 2.05) is 6.07 Å². The Kier molecular flexibility index (Phi) is 5.85. The van der Waals surface area contributed by atoms with Crippen LogP contribution < -0.4 is 15.6 Å². The topological polar surface area (TPSA) is 135 Å². The lowest BCUT2D eigenvalue weighted by molar-refractivity contribution is -0.208. The normalized spacial score (nSPS) is 24.0. The number of halogens is 1. The summed E-state index contributed by atoms with van der Waals surface area (Å²) in [5, 5.41) is 14.9. The molecule has 2 aliphatic heterocycles. The number of methoxy groups -OCH3 is 1. The SMILES string of the molecule is COc1ccc2ncc(F)c(CC(O)C34CCC(NCc5cc6[nH]c(=O)cnc6cn5)(CC3)CO4)c2n1. The molecule has 1 unspecified atom stereocenters. The van der Waals surface area contributed by atoms with Gasteiger partial charge in [0.15, 0.2) is 0 Å². The first kappa shape index (κ1) is 23.8. The molecule has 3 aliphatic rings. The van der Waals surface area contributed by atoms with Crippen LogP contribution in [0, 0.1) is 5.82 Å². The van der Waals surface area contributed by atoms with Crippen LogP contribution in [0.4, 0.5) is 4.39 Å². The first-order valence-electron chi connectivity index (χ1n) is 12.3. The Morgan fingerprint density at radius 3 is 2.73 bits per heavy atom. The molecular formula is C26H27FN6O4. The largest absolute Gasteiger partial charge is 0.481 e. The highest BCUT2D eigenvalue weighted by Crippen LogP contribution is 2.46. The molecule has 6 heterocycles. The van der Waals surface area contributed by atoms with Gasteiger partial charge in [0, 0.05) is 30.1 Å². The van der Waals surface area contributed by atoms with Gasteiger partial charge in [-0.3, -0.25) is 14.8 Å². The van der Waals surface area contributed by atoms with E-state index < -0.39 is 17.5 Å². The monoisotopic (exact) mass is 506 g/mol. The van der Waals surface area contributed by atoms with Crippen LogP contribution in [0.25, 0.3) is 22.1 Å². The summed E-state index contributed by atoms with van der Waals surface area (Å²) in [6.45, 7) is 0.940. The highest BCUT2D eigenvalue weighted by atomic mass is 19.1. The molecule has 1 atom stereocenters. The molecule has 4 aromatic rings. The number of aliphatic hydroxyl groups is 1. The molecule has 10 nitrogen and oxygen atoms in total. The van der Waals surface area contributed by atoms with Crippen molar-refractivity contribution in [3.8, 4) is 5.88 Å². The van der Waals surface area contributed by atoms with E-state index in [4.69, 9.17) is 9.47 Å². The zero-order valence-electron chi connectivity index (χ0n) is 20.3. The first-order chi connectivity index (χ1) is 17.9. The zero-order valence-corrected chi connectivity index (χ0v) is 20.3. The molecule has 1 aliphatic carbocycles. The van der Waals surface area contributed by atoms with Crippen molar-refractivity contribution in [2.24, 2.45) is 0 Å². The average molecular weight is 507 g/mol. The zero-order chi connectivity index (χ0) is 25.6. The lowest BCUT2D eigenvalue weighted by atomic mass is 9.68.